The number of hydrogen-bond donors (Lipinski definition) is 0. The Bertz CT molecular complexity index is 642. The van der Waals surface area contributed by atoms with Crippen LogP contribution in [0.25, 0.3) is 0 Å². The second kappa shape index (κ2) is 6.04. The Kier molecular flexibility index (Phi) is 4.67. The van der Waals surface area contributed by atoms with Crippen LogP contribution in [0.3, 0.4) is 0 Å². The molecule has 1 aromatic rings. The van der Waals surface area contributed by atoms with E-state index < -0.39 is 39.7 Å². The average Bonchev–Trinajstić information content (AvgIpc) is 2.33. The first-order chi connectivity index (χ1) is 10.2. The molecule has 1 saturated carbocycles. The van der Waals surface area contributed by atoms with Gasteiger partial charge in [0.1, 0.15) is 5.56 Å². The van der Waals surface area contributed by atoms with Gasteiger partial charge >= 0.3 is 6.18 Å². The number of carbonyl (C=O) groups is 2. The Morgan fingerprint density at radius 2 is 1.73 bits per heavy atom. The zero-order valence-electron chi connectivity index (χ0n) is 11.3. The Morgan fingerprint density at radius 3 is 2.05 bits per heavy atom. The zero-order valence-corrected chi connectivity index (χ0v) is 12.8. The van der Waals surface area contributed by atoms with Gasteiger partial charge in [-0.25, -0.2) is 4.98 Å². The Hall–Kier alpha value is -1.34. The molecule has 0 aliphatic heterocycles. The molecule has 0 aromatic carbocycles. The van der Waals surface area contributed by atoms with Gasteiger partial charge < -0.3 is 4.74 Å². The number of carbonyl (C=O) groups excluding carboxylic acids is 2. The van der Waals surface area contributed by atoms with Crippen molar-refractivity contribution in [1.82, 2.24) is 4.98 Å². The molecule has 0 bridgehead atoms. The van der Waals surface area contributed by atoms with Gasteiger partial charge in [0.05, 0.1) is 12.7 Å². The quantitative estimate of drug-likeness (QED) is 0.761. The molecule has 0 N–H and O–H groups in total. The predicted octanol–water partition coefficient (Wildman–Crippen LogP) is 4.13. The van der Waals surface area contributed by atoms with E-state index in [0.29, 0.717) is 12.8 Å². The van der Waals surface area contributed by atoms with E-state index in [2.05, 4.69) is 4.98 Å². The fourth-order valence-corrected chi connectivity index (χ4v) is 2.80. The second-order valence-electron chi connectivity index (χ2n) is 4.81. The van der Waals surface area contributed by atoms with E-state index in [1.54, 1.807) is 0 Å². The summed E-state index contributed by atoms with van der Waals surface area (Å²) in [7, 11) is 1.07. The van der Waals surface area contributed by atoms with Crippen molar-refractivity contribution in [2.75, 3.05) is 7.11 Å². The van der Waals surface area contributed by atoms with Crippen LogP contribution in [-0.2, 0) is 6.18 Å². The first-order valence-electron chi connectivity index (χ1n) is 6.27. The van der Waals surface area contributed by atoms with Gasteiger partial charge in [-0.2, -0.15) is 13.2 Å². The van der Waals surface area contributed by atoms with Crippen LogP contribution in [0, 0.1) is 0 Å². The van der Waals surface area contributed by atoms with E-state index in [4.69, 9.17) is 27.9 Å². The van der Waals surface area contributed by atoms with Crippen LogP contribution >= 0.6 is 23.2 Å². The maximum Gasteiger partial charge on any atom is 0.434 e. The third-order valence-corrected chi connectivity index (χ3v) is 3.95. The van der Waals surface area contributed by atoms with Gasteiger partial charge in [-0.05, 0) is 47.5 Å². The van der Waals surface area contributed by atoms with Gasteiger partial charge in [-0.1, -0.05) is 6.42 Å². The predicted molar refractivity (Wildman–Crippen MR) is 72.8 cm³/mol. The summed E-state index contributed by atoms with van der Waals surface area (Å²) in [6.45, 7) is 0. The standard InChI is InChI=1S/C13H10Cl2F3NO3/c1-22-12-8(11(15)21)6(5-3-2-4-5)7(10(14)20)9(19-12)13(16,17)18/h5H,2-4H2,1H3. The van der Waals surface area contributed by atoms with Gasteiger partial charge in [-0.3, -0.25) is 9.59 Å². The summed E-state index contributed by atoms with van der Waals surface area (Å²) >= 11 is 10.8. The van der Waals surface area contributed by atoms with E-state index in [-0.39, 0.29) is 11.1 Å². The van der Waals surface area contributed by atoms with Crippen molar-refractivity contribution in [2.45, 2.75) is 31.4 Å². The molecular formula is C13H10Cl2F3NO3. The fraction of sp³-hybridized carbons (Fsp3) is 0.462. The molecule has 1 aliphatic rings. The molecule has 0 saturated heterocycles. The lowest BCUT2D eigenvalue weighted by molar-refractivity contribution is -0.141. The summed E-state index contributed by atoms with van der Waals surface area (Å²) in [5.74, 6) is -0.968. The molecule has 0 unspecified atom stereocenters. The smallest absolute Gasteiger partial charge is 0.434 e. The monoisotopic (exact) mass is 355 g/mol. The summed E-state index contributed by atoms with van der Waals surface area (Å²) in [6, 6.07) is 0. The van der Waals surface area contributed by atoms with Crippen molar-refractivity contribution >= 4 is 33.7 Å². The number of alkyl halides is 3. The first kappa shape index (κ1) is 17.0. The summed E-state index contributed by atoms with van der Waals surface area (Å²) in [4.78, 5) is 26.5. The summed E-state index contributed by atoms with van der Waals surface area (Å²) in [5, 5.41) is -2.37. The molecular weight excluding hydrogens is 346 g/mol. The molecule has 1 fully saturated rings. The van der Waals surface area contributed by atoms with E-state index in [1.165, 1.54) is 0 Å². The highest BCUT2D eigenvalue weighted by Gasteiger charge is 2.43. The van der Waals surface area contributed by atoms with Gasteiger partial charge in [0.15, 0.2) is 5.69 Å². The number of methoxy groups -OCH3 is 1. The highest BCUT2D eigenvalue weighted by Crippen LogP contribution is 2.46. The van der Waals surface area contributed by atoms with Gasteiger partial charge in [0.2, 0.25) is 5.88 Å². The van der Waals surface area contributed by atoms with E-state index in [1.807, 2.05) is 0 Å². The van der Waals surface area contributed by atoms with E-state index >= 15 is 0 Å². The third-order valence-electron chi connectivity index (χ3n) is 3.57. The largest absolute Gasteiger partial charge is 0.480 e. The Morgan fingerprint density at radius 1 is 1.18 bits per heavy atom. The van der Waals surface area contributed by atoms with Crippen molar-refractivity contribution in [3.63, 3.8) is 0 Å². The highest BCUT2D eigenvalue weighted by molar-refractivity contribution is 6.69. The van der Waals surface area contributed by atoms with Crippen molar-refractivity contribution < 1.29 is 27.5 Å². The fourth-order valence-electron chi connectivity index (χ4n) is 2.43. The van der Waals surface area contributed by atoms with Gasteiger partial charge in [-0.15, -0.1) is 0 Å². The molecule has 120 valence electrons. The minimum Gasteiger partial charge on any atom is -0.480 e. The molecule has 0 radical (unpaired) electrons. The lowest BCUT2D eigenvalue weighted by atomic mass is 9.76. The minimum atomic E-state index is -4.92. The van der Waals surface area contributed by atoms with Gasteiger partial charge in [0, 0.05) is 0 Å². The number of halogens is 5. The lowest BCUT2D eigenvalue weighted by Crippen LogP contribution is -2.23. The van der Waals surface area contributed by atoms with Crippen LogP contribution in [0.2, 0.25) is 0 Å². The number of rotatable bonds is 4. The number of pyridine rings is 1. The third kappa shape index (κ3) is 2.92. The van der Waals surface area contributed by atoms with Crippen LogP contribution in [0.5, 0.6) is 5.88 Å². The topological polar surface area (TPSA) is 56.3 Å². The second-order valence-corrected chi connectivity index (χ2v) is 5.49. The summed E-state index contributed by atoms with van der Waals surface area (Å²) < 4.78 is 44.3. The van der Waals surface area contributed by atoms with Crippen LogP contribution in [0.15, 0.2) is 0 Å². The molecule has 0 atom stereocenters. The van der Waals surface area contributed by atoms with Crippen LogP contribution in [0.1, 0.15) is 57.2 Å². The number of hydrogen-bond acceptors (Lipinski definition) is 4. The van der Waals surface area contributed by atoms with Crippen molar-refractivity contribution in [3.05, 3.63) is 22.4 Å². The van der Waals surface area contributed by atoms with E-state index in [9.17, 15) is 22.8 Å². The highest BCUT2D eigenvalue weighted by atomic mass is 35.5. The number of ether oxygens (including phenoxy) is 1. The number of aromatic nitrogens is 1. The molecule has 4 nitrogen and oxygen atoms in total. The van der Waals surface area contributed by atoms with Crippen molar-refractivity contribution in [2.24, 2.45) is 0 Å². The van der Waals surface area contributed by atoms with Crippen molar-refractivity contribution in [3.8, 4) is 5.88 Å². The molecule has 0 spiro atoms. The maximum absolute atomic E-state index is 13.2. The average molecular weight is 356 g/mol. The van der Waals surface area contributed by atoms with E-state index in [0.717, 1.165) is 13.5 Å². The Balaban J connectivity index is 2.89. The normalized spacial score (nSPS) is 15.4. The minimum absolute atomic E-state index is 0.120. The Labute approximate surface area is 133 Å². The van der Waals surface area contributed by atoms with Crippen LogP contribution in [0.4, 0.5) is 13.2 Å². The molecule has 9 heteroatoms. The van der Waals surface area contributed by atoms with Crippen molar-refractivity contribution in [1.29, 1.82) is 0 Å². The SMILES string of the molecule is COc1nc(C(F)(F)F)c(C(=O)Cl)c(C2CCC2)c1C(=O)Cl. The van der Waals surface area contributed by atoms with Crippen LogP contribution in [-0.4, -0.2) is 22.6 Å². The molecule has 22 heavy (non-hydrogen) atoms. The van der Waals surface area contributed by atoms with Crippen LogP contribution < -0.4 is 4.74 Å². The lowest BCUT2D eigenvalue weighted by Gasteiger charge is -2.30. The number of nitrogens with zero attached hydrogens (tertiary/aromatic N) is 1. The summed E-state index contributed by atoms with van der Waals surface area (Å²) in [6.07, 6.45) is -3.10. The molecule has 1 aliphatic carbocycles. The first-order valence-corrected chi connectivity index (χ1v) is 7.02. The molecule has 1 aromatic heterocycles. The molecule has 0 amide bonds. The zero-order chi connectivity index (χ0) is 16.7. The van der Waals surface area contributed by atoms with Gasteiger partial charge in [0.25, 0.3) is 10.5 Å². The molecule has 1 heterocycles. The summed E-state index contributed by atoms with van der Waals surface area (Å²) in [5.41, 5.74) is -2.73. The maximum atomic E-state index is 13.2. The molecule has 2 rings (SSSR count).